The molecule has 162 valence electrons. The van der Waals surface area contributed by atoms with Gasteiger partial charge in [0.05, 0.1) is 16.9 Å². The van der Waals surface area contributed by atoms with E-state index in [4.69, 9.17) is 5.73 Å². The van der Waals surface area contributed by atoms with Crippen LogP contribution in [0.25, 0.3) is 16.9 Å². The Labute approximate surface area is 181 Å². The van der Waals surface area contributed by atoms with Crippen molar-refractivity contribution in [2.75, 3.05) is 5.73 Å². The quantitative estimate of drug-likeness (QED) is 0.483. The number of carbonyl (C=O) groups excluding carboxylic acids is 1. The summed E-state index contributed by atoms with van der Waals surface area (Å²) in [6, 6.07) is 16.6. The standard InChI is InChI=1S/C23H18F3N5O/c24-23(25,26)18-3-1-2-17(12-18)20-13-21(27)31(30-20)19-6-4-16(5-7-19)22(32)29-14-15-8-10-28-11-9-15/h1-13H,14,27H2,(H,29,32). The number of anilines is 1. The molecular formula is C23H18F3N5O. The van der Waals surface area contributed by atoms with Gasteiger partial charge in [-0.15, -0.1) is 0 Å². The molecule has 3 N–H and O–H groups in total. The predicted molar refractivity (Wildman–Crippen MR) is 114 cm³/mol. The summed E-state index contributed by atoms with van der Waals surface area (Å²) in [5.74, 6) is 0.0127. The van der Waals surface area contributed by atoms with Gasteiger partial charge < -0.3 is 11.1 Å². The van der Waals surface area contributed by atoms with Crippen LogP contribution in [0, 0.1) is 0 Å². The zero-order chi connectivity index (χ0) is 22.7. The number of alkyl halides is 3. The lowest BCUT2D eigenvalue weighted by molar-refractivity contribution is -0.137. The summed E-state index contributed by atoms with van der Waals surface area (Å²) in [6.07, 6.45) is -1.14. The van der Waals surface area contributed by atoms with Crippen molar-refractivity contribution in [3.8, 4) is 16.9 Å². The van der Waals surface area contributed by atoms with E-state index < -0.39 is 11.7 Å². The number of nitrogens with one attached hydrogen (secondary N) is 1. The molecule has 0 aliphatic carbocycles. The monoisotopic (exact) mass is 437 g/mol. The van der Waals surface area contributed by atoms with Gasteiger partial charge in [0.15, 0.2) is 0 Å². The zero-order valence-electron chi connectivity index (χ0n) is 16.7. The van der Waals surface area contributed by atoms with Crippen LogP contribution in [0.4, 0.5) is 19.0 Å². The van der Waals surface area contributed by atoms with Crippen molar-refractivity contribution < 1.29 is 18.0 Å². The molecule has 0 unspecified atom stereocenters. The Morgan fingerprint density at radius 1 is 1.00 bits per heavy atom. The summed E-state index contributed by atoms with van der Waals surface area (Å²) in [4.78, 5) is 16.3. The minimum absolute atomic E-state index is 0.244. The first-order valence-corrected chi connectivity index (χ1v) is 9.62. The van der Waals surface area contributed by atoms with Gasteiger partial charge in [0.1, 0.15) is 5.82 Å². The molecule has 4 aromatic rings. The summed E-state index contributed by atoms with van der Waals surface area (Å²) in [7, 11) is 0. The van der Waals surface area contributed by atoms with E-state index in [0.29, 0.717) is 29.1 Å². The number of pyridine rings is 1. The molecule has 6 nitrogen and oxygen atoms in total. The predicted octanol–water partition coefficient (Wildman–Crippen LogP) is 4.47. The minimum Gasteiger partial charge on any atom is -0.384 e. The van der Waals surface area contributed by atoms with E-state index in [1.54, 1.807) is 36.7 Å². The van der Waals surface area contributed by atoms with Crippen LogP contribution in [-0.4, -0.2) is 20.7 Å². The average molecular weight is 437 g/mol. The fourth-order valence-electron chi connectivity index (χ4n) is 3.14. The summed E-state index contributed by atoms with van der Waals surface area (Å²) >= 11 is 0. The normalized spacial score (nSPS) is 11.3. The van der Waals surface area contributed by atoms with Crippen molar-refractivity contribution >= 4 is 11.7 Å². The third kappa shape index (κ3) is 4.61. The van der Waals surface area contributed by atoms with Gasteiger partial charge in [0.25, 0.3) is 5.91 Å². The number of rotatable bonds is 5. The van der Waals surface area contributed by atoms with Crippen molar-refractivity contribution in [3.63, 3.8) is 0 Å². The maximum Gasteiger partial charge on any atom is 0.416 e. The molecule has 4 rings (SSSR count). The molecule has 0 radical (unpaired) electrons. The van der Waals surface area contributed by atoms with Crippen LogP contribution in [0.3, 0.4) is 0 Å². The van der Waals surface area contributed by atoms with Gasteiger partial charge in [-0.1, -0.05) is 12.1 Å². The summed E-state index contributed by atoms with van der Waals surface area (Å²) in [5, 5.41) is 7.16. The molecule has 0 atom stereocenters. The van der Waals surface area contributed by atoms with Crippen molar-refractivity contribution in [3.05, 3.63) is 95.8 Å². The summed E-state index contributed by atoms with van der Waals surface area (Å²) in [5.41, 5.74) is 7.85. The Kier molecular flexibility index (Phi) is 5.63. The van der Waals surface area contributed by atoms with Gasteiger partial charge in [0, 0.05) is 36.1 Å². The van der Waals surface area contributed by atoms with E-state index in [9.17, 15) is 18.0 Å². The molecule has 1 amide bonds. The van der Waals surface area contributed by atoms with Gasteiger partial charge in [0.2, 0.25) is 0 Å². The highest BCUT2D eigenvalue weighted by atomic mass is 19.4. The van der Waals surface area contributed by atoms with E-state index >= 15 is 0 Å². The molecule has 0 saturated carbocycles. The molecule has 0 spiro atoms. The number of nitrogen functional groups attached to an aromatic ring is 1. The molecule has 0 aliphatic rings. The lowest BCUT2D eigenvalue weighted by Crippen LogP contribution is -2.22. The fraction of sp³-hybridized carbons (Fsp3) is 0.0870. The van der Waals surface area contributed by atoms with Crippen molar-refractivity contribution in [2.45, 2.75) is 12.7 Å². The van der Waals surface area contributed by atoms with Gasteiger partial charge in [-0.05, 0) is 54.1 Å². The Morgan fingerprint density at radius 2 is 1.72 bits per heavy atom. The highest BCUT2D eigenvalue weighted by Crippen LogP contribution is 2.32. The largest absolute Gasteiger partial charge is 0.416 e. The van der Waals surface area contributed by atoms with E-state index in [1.807, 2.05) is 12.1 Å². The van der Waals surface area contributed by atoms with Crippen molar-refractivity contribution in [1.29, 1.82) is 0 Å². The Morgan fingerprint density at radius 3 is 2.41 bits per heavy atom. The minimum atomic E-state index is -4.45. The SMILES string of the molecule is Nc1cc(-c2cccc(C(F)(F)F)c2)nn1-c1ccc(C(=O)NCc2ccncc2)cc1. The number of nitrogens with zero attached hydrogens (tertiary/aromatic N) is 3. The van der Waals surface area contributed by atoms with Crippen LogP contribution < -0.4 is 11.1 Å². The van der Waals surface area contributed by atoms with Crippen LogP contribution in [-0.2, 0) is 12.7 Å². The number of benzene rings is 2. The molecule has 9 heteroatoms. The number of hydrogen-bond acceptors (Lipinski definition) is 4. The molecule has 0 bridgehead atoms. The first-order valence-electron chi connectivity index (χ1n) is 9.62. The van der Waals surface area contributed by atoms with Crippen LogP contribution in [0.5, 0.6) is 0 Å². The molecule has 0 saturated heterocycles. The second-order valence-corrected chi connectivity index (χ2v) is 7.03. The first kappa shape index (κ1) is 21.1. The highest BCUT2D eigenvalue weighted by molar-refractivity contribution is 5.94. The number of amides is 1. The lowest BCUT2D eigenvalue weighted by atomic mass is 10.1. The second-order valence-electron chi connectivity index (χ2n) is 7.03. The number of halogens is 3. The van der Waals surface area contributed by atoms with E-state index in [-0.39, 0.29) is 11.7 Å². The first-order chi connectivity index (χ1) is 15.3. The molecule has 2 aromatic carbocycles. The summed E-state index contributed by atoms with van der Waals surface area (Å²) < 4.78 is 40.4. The number of hydrogen-bond donors (Lipinski definition) is 2. The Bertz CT molecular complexity index is 1230. The average Bonchev–Trinajstić information content (AvgIpc) is 3.19. The maximum atomic E-state index is 13.0. The van der Waals surface area contributed by atoms with E-state index in [1.165, 1.54) is 22.9 Å². The Balaban J connectivity index is 1.51. The van der Waals surface area contributed by atoms with Crippen molar-refractivity contribution in [1.82, 2.24) is 20.1 Å². The van der Waals surface area contributed by atoms with E-state index in [0.717, 1.165) is 17.7 Å². The van der Waals surface area contributed by atoms with Crippen LogP contribution in [0.15, 0.2) is 79.1 Å². The number of carbonyl (C=O) groups is 1. The molecular weight excluding hydrogens is 419 g/mol. The summed E-state index contributed by atoms with van der Waals surface area (Å²) in [6.45, 7) is 0.371. The maximum absolute atomic E-state index is 13.0. The molecule has 2 aromatic heterocycles. The third-order valence-electron chi connectivity index (χ3n) is 4.80. The third-order valence-corrected chi connectivity index (χ3v) is 4.80. The number of aromatic nitrogens is 3. The Hall–Kier alpha value is -4.14. The zero-order valence-corrected chi connectivity index (χ0v) is 16.7. The van der Waals surface area contributed by atoms with Gasteiger partial charge in [-0.3, -0.25) is 9.78 Å². The molecule has 0 fully saturated rings. The highest BCUT2D eigenvalue weighted by Gasteiger charge is 2.30. The van der Waals surface area contributed by atoms with Crippen LogP contribution in [0.1, 0.15) is 21.5 Å². The van der Waals surface area contributed by atoms with E-state index in [2.05, 4.69) is 15.4 Å². The van der Waals surface area contributed by atoms with Gasteiger partial charge in [-0.2, -0.15) is 18.3 Å². The van der Waals surface area contributed by atoms with Crippen LogP contribution in [0.2, 0.25) is 0 Å². The fourth-order valence-corrected chi connectivity index (χ4v) is 3.14. The molecule has 2 heterocycles. The van der Waals surface area contributed by atoms with Gasteiger partial charge >= 0.3 is 6.18 Å². The topological polar surface area (TPSA) is 85.8 Å². The molecule has 0 aliphatic heterocycles. The lowest BCUT2D eigenvalue weighted by Gasteiger charge is -2.08. The van der Waals surface area contributed by atoms with Gasteiger partial charge in [-0.25, -0.2) is 4.68 Å². The van der Waals surface area contributed by atoms with Crippen LogP contribution >= 0.6 is 0 Å². The molecule has 32 heavy (non-hydrogen) atoms. The number of nitrogens with two attached hydrogens (primary N) is 1. The van der Waals surface area contributed by atoms with Crippen molar-refractivity contribution in [2.24, 2.45) is 0 Å². The smallest absolute Gasteiger partial charge is 0.384 e. The second kappa shape index (κ2) is 8.54.